The maximum absolute atomic E-state index is 11.5. The summed E-state index contributed by atoms with van der Waals surface area (Å²) in [6, 6.07) is 0. The van der Waals surface area contributed by atoms with Crippen molar-refractivity contribution in [2.24, 2.45) is 17.3 Å². The highest BCUT2D eigenvalue weighted by Crippen LogP contribution is 2.66. The Morgan fingerprint density at radius 3 is 2.80 bits per heavy atom. The zero-order chi connectivity index (χ0) is 11.1. The van der Waals surface area contributed by atoms with E-state index < -0.39 is 0 Å². The van der Waals surface area contributed by atoms with Crippen molar-refractivity contribution in [2.45, 2.75) is 52.9 Å². The van der Waals surface area contributed by atoms with Gasteiger partial charge in [-0.15, -0.1) is 0 Å². The Morgan fingerprint density at radius 2 is 2.33 bits per heavy atom. The molecule has 0 aromatic carbocycles. The molecule has 1 nitrogen and oxygen atoms in total. The number of allylic oxidation sites excluding steroid dienone is 2. The van der Waals surface area contributed by atoms with Crippen molar-refractivity contribution < 1.29 is 4.79 Å². The van der Waals surface area contributed by atoms with Gasteiger partial charge in [-0.3, -0.25) is 4.79 Å². The number of rotatable bonds is 4. The fourth-order valence-electron chi connectivity index (χ4n) is 3.26. The summed E-state index contributed by atoms with van der Waals surface area (Å²) < 4.78 is 0. The molecular formula is C14H22O. The Morgan fingerprint density at radius 1 is 1.60 bits per heavy atom. The third kappa shape index (κ3) is 1.89. The highest BCUT2D eigenvalue weighted by Gasteiger charge is 2.63. The summed E-state index contributed by atoms with van der Waals surface area (Å²) in [5, 5.41) is 0. The highest BCUT2D eigenvalue weighted by atomic mass is 16.1. The van der Waals surface area contributed by atoms with Crippen molar-refractivity contribution in [1.29, 1.82) is 0 Å². The second kappa shape index (κ2) is 3.77. The fourth-order valence-corrected chi connectivity index (χ4v) is 3.26. The Kier molecular flexibility index (Phi) is 2.74. The maximum atomic E-state index is 11.5. The Balaban J connectivity index is 1.85. The predicted octanol–water partition coefficient (Wildman–Crippen LogP) is 3.74. The van der Waals surface area contributed by atoms with E-state index in [4.69, 9.17) is 0 Å². The van der Waals surface area contributed by atoms with Crippen LogP contribution in [0.4, 0.5) is 0 Å². The normalized spacial score (nSPS) is 34.9. The minimum Gasteiger partial charge on any atom is -0.299 e. The summed E-state index contributed by atoms with van der Waals surface area (Å²) >= 11 is 0. The molecule has 0 aliphatic heterocycles. The molecule has 0 amide bonds. The molecule has 2 aliphatic carbocycles. The minimum absolute atomic E-state index is 0.451. The van der Waals surface area contributed by atoms with E-state index in [0.29, 0.717) is 17.1 Å². The third-order valence-corrected chi connectivity index (χ3v) is 4.48. The van der Waals surface area contributed by atoms with Gasteiger partial charge in [0.25, 0.3) is 0 Å². The van der Waals surface area contributed by atoms with Crippen LogP contribution in [0.2, 0.25) is 0 Å². The highest BCUT2D eigenvalue weighted by molar-refractivity contribution is 5.87. The predicted molar refractivity (Wildman–Crippen MR) is 62.6 cm³/mol. The number of hydrogen-bond donors (Lipinski definition) is 0. The van der Waals surface area contributed by atoms with Gasteiger partial charge in [0, 0.05) is 12.3 Å². The molecule has 15 heavy (non-hydrogen) atoms. The first-order valence-corrected chi connectivity index (χ1v) is 6.22. The SMILES string of the molecule is CC(C)=CCC[C@H](C)[C@]12CCC(=O)[C@H]1C2. The van der Waals surface area contributed by atoms with Gasteiger partial charge >= 0.3 is 0 Å². The summed E-state index contributed by atoms with van der Waals surface area (Å²) in [5.41, 5.74) is 1.86. The molecular weight excluding hydrogens is 184 g/mol. The second-order valence-electron chi connectivity index (χ2n) is 5.72. The monoisotopic (exact) mass is 206 g/mol. The van der Waals surface area contributed by atoms with E-state index >= 15 is 0 Å². The van der Waals surface area contributed by atoms with E-state index in [2.05, 4.69) is 26.8 Å². The average Bonchev–Trinajstić information content (AvgIpc) is 2.82. The van der Waals surface area contributed by atoms with Gasteiger partial charge in [-0.25, -0.2) is 0 Å². The van der Waals surface area contributed by atoms with Gasteiger partial charge in [0.2, 0.25) is 0 Å². The van der Waals surface area contributed by atoms with Crippen molar-refractivity contribution in [3.63, 3.8) is 0 Å². The Hall–Kier alpha value is -0.590. The molecule has 0 spiro atoms. The van der Waals surface area contributed by atoms with Crippen LogP contribution in [0.15, 0.2) is 11.6 Å². The second-order valence-corrected chi connectivity index (χ2v) is 5.72. The molecule has 1 heteroatoms. The van der Waals surface area contributed by atoms with Crippen molar-refractivity contribution in [2.75, 3.05) is 0 Å². The fraction of sp³-hybridized carbons (Fsp3) is 0.786. The molecule has 2 saturated carbocycles. The number of Topliss-reactive ketones (excluding diaryl/α,β-unsaturated/α-hetero) is 1. The number of ketones is 1. The topological polar surface area (TPSA) is 17.1 Å². The lowest BCUT2D eigenvalue weighted by atomic mass is 9.85. The Bertz CT molecular complexity index is 298. The zero-order valence-electron chi connectivity index (χ0n) is 10.2. The van der Waals surface area contributed by atoms with Crippen molar-refractivity contribution in [1.82, 2.24) is 0 Å². The van der Waals surface area contributed by atoms with Crippen LogP contribution in [0.1, 0.15) is 52.9 Å². The van der Waals surface area contributed by atoms with Crippen LogP contribution in [0, 0.1) is 17.3 Å². The summed E-state index contributed by atoms with van der Waals surface area (Å²) in [6.07, 6.45) is 7.99. The van der Waals surface area contributed by atoms with Gasteiger partial charge in [0.05, 0.1) is 0 Å². The van der Waals surface area contributed by atoms with Gasteiger partial charge in [-0.2, -0.15) is 0 Å². The molecule has 3 atom stereocenters. The lowest BCUT2D eigenvalue weighted by Crippen LogP contribution is -2.12. The van der Waals surface area contributed by atoms with Crippen molar-refractivity contribution in [3.8, 4) is 0 Å². The van der Waals surface area contributed by atoms with Crippen molar-refractivity contribution in [3.05, 3.63) is 11.6 Å². The molecule has 2 aliphatic rings. The molecule has 0 heterocycles. The number of carbonyl (C=O) groups is 1. The van der Waals surface area contributed by atoms with Crippen molar-refractivity contribution >= 4 is 5.78 Å². The maximum Gasteiger partial charge on any atom is 0.136 e. The Labute approximate surface area is 92.9 Å². The molecule has 2 fully saturated rings. The minimum atomic E-state index is 0.451. The van der Waals surface area contributed by atoms with Crippen LogP contribution in [0.5, 0.6) is 0 Å². The van der Waals surface area contributed by atoms with E-state index in [1.54, 1.807) is 0 Å². The molecule has 0 N–H and O–H groups in total. The number of carbonyl (C=O) groups excluding carboxylic acids is 1. The molecule has 0 saturated heterocycles. The molecule has 0 unspecified atom stereocenters. The van der Waals surface area contributed by atoms with Gasteiger partial charge < -0.3 is 0 Å². The smallest absolute Gasteiger partial charge is 0.136 e. The van der Waals surface area contributed by atoms with Gasteiger partial charge in [-0.1, -0.05) is 18.6 Å². The van der Waals surface area contributed by atoms with Crippen LogP contribution in [-0.4, -0.2) is 5.78 Å². The summed E-state index contributed by atoms with van der Waals surface area (Å²) in [4.78, 5) is 11.5. The zero-order valence-corrected chi connectivity index (χ0v) is 10.2. The lowest BCUT2D eigenvalue weighted by molar-refractivity contribution is -0.119. The van der Waals surface area contributed by atoms with Gasteiger partial charge in [0.15, 0.2) is 0 Å². The first-order valence-electron chi connectivity index (χ1n) is 6.22. The van der Waals surface area contributed by atoms with E-state index in [1.807, 2.05) is 0 Å². The van der Waals surface area contributed by atoms with E-state index in [-0.39, 0.29) is 0 Å². The van der Waals surface area contributed by atoms with Crippen LogP contribution >= 0.6 is 0 Å². The summed E-state index contributed by atoms with van der Waals surface area (Å²) in [7, 11) is 0. The third-order valence-electron chi connectivity index (χ3n) is 4.48. The summed E-state index contributed by atoms with van der Waals surface area (Å²) in [5.74, 6) is 1.74. The van der Waals surface area contributed by atoms with Crippen LogP contribution in [0.3, 0.4) is 0 Å². The summed E-state index contributed by atoms with van der Waals surface area (Å²) in [6.45, 7) is 6.65. The first-order chi connectivity index (χ1) is 7.06. The number of fused-ring (bicyclic) bond motifs is 1. The number of hydrogen-bond acceptors (Lipinski definition) is 1. The van der Waals surface area contributed by atoms with Crippen LogP contribution in [0.25, 0.3) is 0 Å². The molecule has 84 valence electrons. The quantitative estimate of drug-likeness (QED) is 0.640. The van der Waals surface area contributed by atoms with E-state index in [0.717, 1.165) is 12.3 Å². The van der Waals surface area contributed by atoms with E-state index in [1.165, 1.54) is 31.3 Å². The van der Waals surface area contributed by atoms with Gasteiger partial charge in [-0.05, 0) is 50.9 Å². The standard InChI is InChI=1S/C14H22O/c1-10(2)5-4-6-11(3)14-8-7-13(15)12(14)9-14/h5,11-12H,4,6-9H2,1-3H3/t11-,12+,14+/m0/s1. The largest absolute Gasteiger partial charge is 0.299 e. The molecule has 0 bridgehead atoms. The van der Waals surface area contributed by atoms with Gasteiger partial charge in [0.1, 0.15) is 5.78 Å². The van der Waals surface area contributed by atoms with Crippen LogP contribution < -0.4 is 0 Å². The van der Waals surface area contributed by atoms with E-state index in [9.17, 15) is 4.79 Å². The lowest BCUT2D eigenvalue weighted by Gasteiger charge is -2.20. The first kappa shape index (κ1) is 10.9. The molecule has 0 aromatic rings. The average molecular weight is 206 g/mol. The molecule has 2 rings (SSSR count). The molecule has 0 aromatic heterocycles. The molecule has 0 radical (unpaired) electrons. The van der Waals surface area contributed by atoms with Crippen LogP contribution in [-0.2, 0) is 4.79 Å².